The Bertz CT molecular complexity index is 305. The molecule has 102 valence electrons. The van der Waals surface area contributed by atoms with Crippen LogP contribution in [0.4, 0.5) is 0 Å². The van der Waals surface area contributed by atoms with Gasteiger partial charge in [0.1, 0.15) is 0 Å². The fourth-order valence-corrected chi connectivity index (χ4v) is 3.38. The molecule has 18 heavy (non-hydrogen) atoms. The summed E-state index contributed by atoms with van der Waals surface area (Å²) in [7, 11) is 0. The van der Waals surface area contributed by atoms with Crippen molar-refractivity contribution in [3.63, 3.8) is 0 Å². The maximum Gasteiger partial charge on any atom is 0.0683 e. The Morgan fingerprint density at radius 3 is 2.94 bits per heavy atom. The zero-order valence-corrected chi connectivity index (χ0v) is 11.9. The van der Waals surface area contributed by atoms with Gasteiger partial charge in [0.05, 0.1) is 11.5 Å². The predicted octanol–water partition coefficient (Wildman–Crippen LogP) is 2.39. The van der Waals surface area contributed by atoms with E-state index in [1.165, 1.54) is 51.9 Å². The van der Waals surface area contributed by atoms with Crippen LogP contribution in [0.25, 0.3) is 0 Å². The lowest BCUT2D eigenvalue weighted by Crippen LogP contribution is -2.45. The van der Waals surface area contributed by atoms with Gasteiger partial charge in [-0.1, -0.05) is 6.42 Å². The maximum atomic E-state index is 9.00. The summed E-state index contributed by atoms with van der Waals surface area (Å²) >= 11 is 0. The third kappa shape index (κ3) is 3.46. The molecule has 3 nitrogen and oxygen atoms in total. The normalized spacial score (nSPS) is 28.9. The van der Waals surface area contributed by atoms with Gasteiger partial charge >= 0.3 is 0 Å². The molecule has 2 heterocycles. The first-order valence-electron chi connectivity index (χ1n) is 7.48. The van der Waals surface area contributed by atoms with E-state index in [1.807, 2.05) is 13.8 Å². The van der Waals surface area contributed by atoms with E-state index in [9.17, 15) is 0 Å². The highest BCUT2D eigenvalue weighted by molar-refractivity contribution is 4.93. The van der Waals surface area contributed by atoms with E-state index in [4.69, 9.17) is 5.26 Å². The van der Waals surface area contributed by atoms with Crippen LogP contribution in [0.1, 0.15) is 46.0 Å². The van der Waals surface area contributed by atoms with Crippen LogP contribution >= 0.6 is 0 Å². The van der Waals surface area contributed by atoms with Crippen molar-refractivity contribution < 1.29 is 0 Å². The quantitative estimate of drug-likeness (QED) is 0.760. The van der Waals surface area contributed by atoms with Gasteiger partial charge in [0, 0.05) is 12.6 Å². The highest BCUT2D eigenvalue weighted by Gasteiger charge is 2.34. The number of hydrogen-bond donors (Lipinski definition) is 1. The van der Waals surface area contributed by atoms with Gasteiger partial charge in [-0.15, -0.1) is 0 Å². The third-order valence-electron chi connectivity index (χ3n) is 4.59. The summed E-state index contributed by atoms with van der Waals surface area (Å²) in [5.41, 5.74) is -0.140. The number of unbranched alkanes of at least 4 members (excludes halogenated alkanes) is 1. The predicted molar refractivity (Wildman–Crippen MR) is 74.2 cm³/mol. The Morgan fingerprint density at radius 2 is 2.17 bits per heavy atom. The highest BCUT2D eigenvalue weighted by atomic mass is 15.2. The lowest BCUT2D eigenvalue weighted by atomic mass is 9.88. The Morgan fingerprint density at radius 1 is 1.33 bits per heavy atom. The minimum atomic E-state index is -0.140. The first kappa shape index (κ1) is 13.8. The van der Waals surface area contributed by atoms with Crippen LogP contribution in [0.5, 0.6) is 0 Å². The molecule has 2 saturated heterocycles. The third-order valence-corrected chi connectivity index (χ3v) is 4.59. The second kappa shape index (κ2) is 6.04. The lowest BCUT2D eigenvalue weighted by molar-refractivity contribution is 0.122. The minimum absolute atomic E-state index is 0.140. The summed E-state index contributed by atoms with van der Waals surface area (Å²) in [4.78, 5) is 2.69. The van der Waals surface area contributed by atoms with Crippen molar-refractivity contribution in [2.75, 3.05) is 26.2 Å². The molecule has 2 rings (SSSR count). The molecule has 0 aromatic carbocycles. The second-order valence-electron chi connectivity index (χ2n) is 6.62. The monoisotopic (exact) mass is 249 g/mol. The molecule has 1 N–H and O–H groups in total. The van der Waals surface area contributed by atoms with Crippen LogP contribution in [0.15, 0.2) is 0 Å². The van der Waals surface area contributed by atoms with Crippen LogP contribution in [0, 0.1) is 22.7 Å². The summed E-state index contributed by atoms with van der Waals surface area (Å²) in [5.74, 6) is 0.897. The number of nitrogens with zero attached hydrogens (tertiary/aromatic N) is 2. The average Bonchev–Trinajstić information content (AvgIpc) is 2.83. The summed E-state index contributed by atoms with van der Waals surface area (Å²) in [6.45, 7) is 9.02. The van der Waals surface area contributed by atoms with Gasteiger partial charge in [0.15, 0.2) is 0 Å². The molecule has 0 aromatic rings. The van der Waals surface area contributed by atoms with Crippen molar-refractivity contribution in [3.8, 4) is 6.07 Å². The molecular weight excluding hydrogens is 222 g/mol. The summed E-state index contributed by atoms with van der Waals surface area (Å²) < 4.78 is 0. The van der Waals surface area contributed by atoms with E-state index >= 15 is 0 Å². The number of likely N-dealkylation sites (tertiary alicyclic amines) is 1. The molecule has 2 atom stereocenters. The van der Waals surface area contributed by atoms with E-state index in [1.54, 1.807) is 0 Å². The van der Waals surface area contributed by atoms with E-state index in [-0.39, 0.29) is 5.41 Å². The van der Waals surface area contributed by atoms with E-state index in [0.717, 1.165) is 18.4 Å². The number of hydrogen-bond acceptors (Lipinski definition) is 3. The van der Waals surface area contributed by atoms with Crippen LogP contribution in [0.3, 0.4) is 0 Å². The molecule has 0 aromatic heterocycles. The standard InChI is InChI=1S/C15H27N3/c1-15(2,12-16)7-3-4-8-18-9-5-6-13-10-17-11-14(13)18/h13-14,17H,3-11H2,1-2H3. The number of piperidine rings is 1. The van der Waals surface area contributed by atoms with Crippen LogP contribution in [-0.2, 0) is 0 Å². The molecule has 0 bridgehead atoms. The van der Waals surface area contributed by atoms with E-state index in [2.05, 4.69) is 16.3 Å². The van der Waals surface area contributed by atoms with Gasteiger partial charge in [-0.25, -0.2) is 0 Å². The SMILES string of the molecule is CC(C)(C#N)CCCCN1CCCC2CNCC21. The van der Waals surface area contributed by atoms with Gasteiger partial charge < -0.3 is 5.32 Å². The van der Waals surface area contributed by atoms with Gasteiger partial charge in [-0.3, -0.25) is 4.90 Å². The zero-order chi connectivity index (χ0) is 13.0. The number of fused-ring (bicyclic) bond motifs is 1. The van der Waals surface area contributed by atoms with Gasteiger partial charge in [0.25, 0.3) is 0 Å². The molecule has 0 spiro atoms. The number of nitriles is 1. The van der Waals surface area contributed by atoms with Crippen molar-refractivity contribution in [3.05, 3.63) is 0 Å². The molecule has 0 radical (unpaired) electrons. The smallest absolute Gasteiger partial charge is 0.0683 e. The molecule has 2 fully saturated rings. The largest absolute Gasteiger partial charge is 0.315 e. The number of nitrogens with one attached hydrogen (secondary N) is 1. The summed E-state index contributed by atoms with van der Waals surface area (Å²) in [6, 6.07) is 3.19. The van der Waals surface area contributed by atoms with Crippen molar-refractivity contribution >= 4 is 0 Å². The lowest BCUT2D eigenvalue weighted by Gasteiger charge is -2.37. The van der Waals surface area contributed by atoms with Gasteiger partial charge in [0.2, 0.25) is 0 Å². The molecule has 0 aliphatic carbocycles. The van der Waals surface area contributed by atoms with Crippen LogP contribution in [-0.4, -0.2) is 37.1 Å². The van der Waals surface area contributed by atoms with E-state index < -0.39 is 0 Å². The minimum Gasteiger partial charge on any atom is -0.315 e. The Labute approximate surface area is 112 Å². The summed E-state index contributed by atoms with van der Waals surface area (Å²) in [5, 5.41) is 12.5. The highest BCUT2D eigenvalue weighted by Crippen LogP contribution is 2.27. The van der Waals surface area contributed by atoms with Crippen LogP contribution < -0.4 is 5.32 Å². The van der Waals surface area contributed by atoms with Crippen LogP contribution in [0.2, 0.25) is 0 Å². The molecule has 0 saturated carbocycles. The topological polar surface area (TPSA) is 39.1 Å². The molecule has 2 aliphatic rings. The fraction of sp³-hybridized carbons (Fsp3) is 0.933. The molecule has 0 amide bonds. The molecule has 2 unspecified atom stereocenters. The fourth-order valence-electron chi connectivity index (χ4n) is 3.38. The van der Waals surface area contributed by atoms with Gasteiger partial charge in [-0.2, -0.15) is 5.26 Å². The van der Waals surface area contributed by atoms with Crippen molar-refractivity contribution in [1.82, 2.24) is 10.2 Å². The van der Waals surface area contributed by atoms with Crippen molar-refractivity contribution in [1.29, 1.82) is 5.26 Å². The second-order valence-corrected chi connectivity index (χ2v) is 6.62. The number of rotatable bonds is 5. The average molecular weight is 249 g/mol. The molecular formula is C15H27N3. The Kier molecular flexibility index (Phi) is 4.64. The van der Waals surface area contributed by atoms with E-state index in [0.29, 0.717) is 0 Å². The van der Waals surface area contributed by atoms with Gasteiger partial charge in [-0.05, 0) is 65.1 Å². The first-order valence-corrected chi connectivity index (χ1v) is 7.48. The summed E-state index contributed by atoms with van der Waals surface area (Å²) in [6.07, 6.45) is 6.24. The van der Waals surface area contributed by atoms with Crippen molar-refractivity contribution in [2.45, 2.75) is 52.0 Å². The first-order chi connectivity index (χ1) is 8.62. The molecule has 2 aliphatic heterocycles. The Hall–Kier alpha value is -0.590. The Balaban J connectivity index is 1.69. The molecule has 3 heteroatoms. The zero-order valence-electron chi connectivity index (χ0n) is 11.9. The maximum absolute atomic E-state index is 9.00. The van der Waals surface area contributed by atoms with Crippen molar-refractivity contribution in [2.24, 2.45) is 11.3 Å².